The molecule has 0 bridgehead atoms. The van der Waals surface area contributed by atoms with Gasteiger partial charge in [-0.1, -0.05) is 12.1 Å². The molecule has 2 aliphatic rings. The van der Waals surface area contributed by atoms with E-state index in [-0.39, 0.29) is 18.1 Å². The van der Waals surface area contributed by atoms with E-state index in [0.29, 0.717) is 44.3 Å². The second kappa shape index (κ2) is 7.65. The maximum Gasteiger partial charge on any atom is 0.418 e. The van der Waals surface area contributed by atoms with Crippen LogP contribution in [-0.4, -0.2) is 50.2 Å². The van der Waals surface area contributed by atoms with Crippen LogP contribution >= 0.6 is 0 Å². The van der Waals surface area contributed by atoms with Crippen LogP contribution in [0.25, 0.3) is 0 Å². The van der Waals surface area contributed by atoms with E-state index in [1.165, 1.54) is 24.3 Å². The number of benzene rings is 1. The number of carbonyl (C=O) groups is 1. The van der Waals surface area contributed by atoms with Crippen molar-refractivity contribution in [2.75, 3.05) is 32.3 Å². The molecule has 1 N–H and O–H groups in total. The predicted octanol–water partition coefficient (Wildman–Crippen LogP) is 3.61. The monoisotopic (exact) mass is 401 g/mol. The summed E-state index contributed by atoms with van der Waals surface area (Å²) >= 11 is 0. The van der Waals surface area contributed by atoms with Crippen LogP contribution in [0.5, 0.6) is 0 Å². The number of halogens is 3. The molecule has 1 aliphatic carbocycles. The number of ether oxygens (including phenoxy) is 2. The fourth-order valence-corrected chi connectivity index (χ4v) is 4.43. The zero-order valence-electron chi connectivity index (χ0n) is 16.1. The first-order valence-corrected chi connectivity index (χ1v) is 9.37. The molecule has 1 spiro atoms. The number of alkyl halides is 3. The van der Waals surface area contributed by atoms with Crippen molar-refractivity contribution < 1.29 is 32.5 Å². The summed E-state index contributed by atoms with van der Waals surface area (Å²) in [6.45, 7) is 0.774. The van der Waals surface area contributed by atoms with Crippen LogP contribution in [0.1, 0.15) is 43.8 Å². The molecule has 0 radical (unpaired) electrons. The summed E-state index contributed by atoms with van der Waals surface area (Å²) < 4.78 is 48.7. The maximum atomic E-state index is 13.1. The van der Waals surface area contributed by atoms with Gasteiger partial charge in [0.05, 0.1) is 17.6 Å². The fraction of sp³-hybridized carbons (Fsp3) is 0.650. The zero-order chi connectivity index (χ0) is 20.6. The van der Waals surface area contributed by atoms with Gasteiger partial charge in [0.1, 0.15) is 0 Å². The lowest BCUT2D eigenvalue weighted by Gasteiger charge is -2.40. The molecule has 3 rings (SSSR count). The minimum atomic E-state index is -4.50. The normalized spacial score (nSPS) is 29.5. The van der Waals surface area contributed by atoms with Gasteiger partial charge < -0.3 is 19.5 Å². The molecular formula is C20H26F3NO4. The number of hydrogen-bond donors (Lipinski definition) is 1. The van der Waals surface area contributed by atoms with Crippen molar-refractivity contribution in [1.82, 2.24) is 0 Å². The summed E-state index contributed by atoms with van der Waals surface area (Å²) in [7, 11) is 2.56. The Kier molecular flexibility index (Phi) is 5.76. The molecule has 2 fully saturated rings. The predicted molar refractivity (Wildman–Crippen MR) is 96.9 cm³/mol. The topological polar surface area (TPSA) is 59.0 Å². The van der Waals surface area contributed by atoms with Crippen LogP contribution in [0.3, 0.4) is 0 Å². The van der Waals surface area contributed by atoms with E-state index in [0.717, 1.165) is 7.11 Å². The average molecular weight is 401 g/mol. The molecule has 1 saturated heterocycles. The van der Waals surface area contributed by atoms with Crippen molar-refractivity contribution in [3.05, 3.63) is 29.8 Å². The fourth-order valence-electron chi connectivity index (χ4n) is 4.43. The lowest BCUT2D eigenvalue weighted by molar-refractivity contribution is -0.215. The van der Waals surface area contributed by atoms with E-state index in [1.807, 2.05) is 0 Å². The third-order valence-corrected chi connectivity index (χ3v) is 6.10. The van der Waals surface area contributed by atoms with Crippen molar-refractivity contribution in [2.45, 2.75) is 50.0 Å². The molecule has 1 heterocycles. The SMILES string of the molecule is COC[C@]1(O)CC[C@]2(CCN(c3ccc([C@@H](OC)C(F)(F)F)cc3)C2=O)CC1. The molecule has 8 heteroatoms. The Balaban J connectivity index is 1.72. The van der Waals surface area contributed by atoms with Crippen LogP contribution in [0.4, 0.5) is 18.9 Å². The number of aliphatic hydroxyl groups is 1. The molecule has 1 atom stereocenters. The minimum absolute atomic E-state index is 0.00223. The third-order valence-electron chi connectivity index (χ3n) is 6.10. The third kappa shape index (κ3) is 3.90. The van der Waals surface area contributed by atoms with Gasteiger partial charge in [0.15, 0.2) is 6.10 Å². The minimum Gasteiger partial charge on any atom is -0.387 e. The number of hydrogen-bond acceptors (Lipinski definition) is 4. The lowest BCUT2D eigenvalue weighted by Crippen LogP contribution is -2.45. The smallest absolute Gasteiger partial charge is 0.387 e. The van der Waals surface area contributed by atoms with Crippen molar-refractivity contribution >= 4 is 11.6 Å². The summed E-state index contributed by atoms with van der Waals surface area (Å²) in [6.07, 6.45) is -3.63. The number of nitrogens with zero attached hydrogens (tertiary/aromatic N) is 1. The maximum absolute atomic E-state index is 13.1. The average Bonchev–Trinajstić information content (AvgIpc) is 2.95. The van der Waals surface area contributed by atoms with E-state index >= 15 is 0 Å². The standard InChI is InChI=1S/C20H26F3NO4/c1-27-13-19(26)9-7-18(8-10-19)11-12-24(17(18)25)15-5-3-14(4-6-15)16(28-2)20(21,22)23/h3-6,16,26H,7-13H2,1-2H3/t16-,18-,19+/m1/s1. The van der Waals surface area contributed by atoms with Crippen LogP contribution < -0.4 is 4.90 Å². The largest absolute Gasteiger partial charge is 0.418 e. The van der Waals surface area contributed by atoms with E-state index in [4.69, 9.17) is 4.74 Å². The van der Waals surface area contributed by atoms with E-state index in [2.05, 4.69) is 4.74 Å². The van der Waals surface area contributed by atoms with Gasteiger partial charge in [-0.15, -0.1) is 0 Å². The van der Waals surface area contributed by atoms with Crippen LogP contribution in [-0.2, 0) is 14.3 Å². The van der Waals surface area contributed by atoms with Crippen molar-refractivity contribution in [3.63, 3.8) is 0 Å². The summed E-state index contributed by atoms with van der Waals surface area (Å²) in [5.74, 6) is -0.0150. The van der Waals surface area contributed by atoms with Crippen molar-refractivity contribution in [1.29, 1.82) is 0 Å². The highest BCUT2D eigenvalue weighted by Gasteiger charge is 2.51. The van der Waals surface area contributed by atoms with E-state index < -0.39 is 23.3 Å². The Bertz CT molecular complexity index is 696. The highest BCUT2D eigenvalue weighted by molar-refractivity contribution is 6.00. The molecule has 28 heavy (non-hydrogen) atoms. The Hall–Kier alpha value is -1.64. The van der Waals surface area contributed by atoms with Gasteiger partial charge in [-0.25, -0.2) is 0 Å². The van der Waals surface area contributed by atoms with E-state index in [1.54, 1.807) is 12.0 Å². The molecule has 1 aliphatic heterocycles. The summed E-state index contributed by atoms with van der Waals surface area (Å²) in [6, 6.07) is 5.78. The number of amides is 1. The van der Waals surface area contributed by atoms with Gasteiger partial charge in [-0.3, -0.25) is 4.79 Å². The molecule has 0 aromatic heterocycles. The van der Waals surface area contributed by atoms with Gasteiger partial charge in [0.2, 0.25) is 5.91 Å². The molecule has 156 valence electrons. The Morgan fingerprint density at radius 2 is 1.71 bits per heavy atom. The molecule has 0 unspecified atom stereocenters. The molecule has 1 saturated carbocycles. The quantitative estimate of drug-likeness (QED) is 0.819. The van der Waals surface area contributed by atoms with Gasteiger partial charge >= 0.3 is 6.18 Å². The highest BCUT2D eigenvalue weighted by Crippen LogP contribution is 2.48. The highest BCUT2D eigenvalue weighted by atomic mass is 19.4. The number of methoxy groups -OCH3 is 2. The van der Waals surface area contributed by atoms with E-state index in [9.17, 15) is 23.1 Å². The van der Waals surface area contributed by atoms with Gasteiger partial charge in [-0.2, -0.15) is 13.2 Å². The van der Waals surface area contributed by atoms with Crippen LogP contribution in [0, 0.1) is 5.41 Å². The Morgan fingerprint density at radius 3 is 2.21 bits per heavy atom. The first-order valence-electron chi connectivity index (χ1n) is 9.37. The molecule has 5 nitrogen and oxygen atoms in total. The number of anilines is 1. The van der Waals surface area contributed by atoms with Crippen molar-refractivity contribution in [2.24, 2.45) is 5.41 Å². The Morgan fingerprint density at radius 1 is 1.11 bits per heavy atom. The summed E-state index contributed by atoms with van der Waals surface area (Å²) in [4.78, 5) is 14.7. The molecule has 1 aromatic carbocycles. The lowest BCUT2D eigenvalue weighted by atomic mass is 9.68. The van der Waals surface area contributed by atoms with Crippen LogP contribution in [0.15, 0.2) is 24.3 Å². The molecule has 1 amide bonds. The molecular weight excluding hydrogens is 375 g/mol. The number of rotatable bonds is 5. The zero-order valence-corrected chi connectivity index (χ0v) is 16.1. The second-order valence-electron chi connectivity index (χ2n) is 7.89. The first kappa shape index (κ1) is 21.1. The van der Waals surface area contributed by atoms with Gasteiger partial charge in [0, 0.05) is 26.5 Å². The van der Waals surface area contributed by atoms with Crippen molar-refractivity contribution in [3.8, 4) is 0 Å². The number of carbonyl (C=O) groups excluding carboxylic acids is 1. The second-order valence-corrected chi connectivity index (χ2v) is 7.89. The summed E-state index contributed by atoms with van der Waals surface area (Å²) in [5, 5.41) is 10.5. The molecule has 1 aromatic rings. The van der Waals surface area contributed by atoms with Gasteiger partial charge in [-0.05, 0) is 49.8 Å². The Labute approximate surface area is 162 Å². The summed E-state index contributed by atoms with van der Waals surface area (Å²) in [5.41, 5.74) is -0.801. The first-order chi connectivity index (χ1) is 13.1. The van der Waals surface area contributed by atoms with Crippen LogP contribution in [0.2, 0.25) is 0 Å². The van der Waals surface area contributed by atoms with Gasteiger partial charge in [0.25, 0.3) is 0 Å².